The second kappa shape index (κ2) is 10.3. The van der Waals surface area contributed by atoms with Crippen LogP contribution in [0.2, 0.25) is 0 Å². The van der Waals surface area contributed by atoms with E-state index in [4.69, 9.17) is 9.97 Å². The maximum absolute atomic E-state index is 4.92. The summed E-state index contributed by atoms with van der Waals surface area (Å²) in [6.07, 6.45) is 2.89. The number of nitrogens with one attached hydrogen (secondary N) is 1. The van der Waals surface area contributed by atoms with Gasteiger partial charge < -0.3 is 4.90 Å². The molecule has 34 heavy (non-hydrogen) atoms. The molecule has 174 valence electrons. The van der Waals surface area contributed by atoms with Gasteiger partial charge in [0.25, 0.3) is 0 Å². The van der Waals surface area contributed by atoms with E-state index in [1.165, 1.54) is 16.8 Å². The molecule has 2 aromatic carbocycles. The van der Waals surface area contributed by atoms with E-state index in [0.717, 1.165) is 72.2 Å². The van der Waals surface area contributed by atoms with E-state index in [0.29, 0.717) is 5.82 Å². The van der Waals surface area contributed by atoms with Crippen molar-refractivity contribution in [2.24, 2.45) is 0 Å². The van der Waals surface area contributed by atoms with Crippen LogP contribution in [0.1, 0.15) is 36.0 Å². The van der Waals surface area contributed by atoms with Crippen LogP contribution in [0.25, 0.3) is 22.5 Å². The minimum absolute atomic E-state index is 0.602. The molecule has 4 aromatic rings. The molecule has 5 rings (SSSR count). The summed E-state index contributed by atoms with van der Waals surface area (Å²) in [5, 5.41) is 14.6. The predicted octanol–water partition coefficient (Wildman–Crippen LogP) is 4.73. The lowest BCUT2D eigenvalue weighted by atomic mass is 9.96. The lowest BCUT2D eigenvalue weighted by molar-refractivity contribution is 0.784. The molecule has 0 saturated carbocycles. The summed E-state index contributed by atoms with van der Waals surface area (Å²) in [6.45, 7) is 6.33. The molecule has 1 N–H and O–H groups in total. The molecule has 3 heterocycles. The van der Waals surface area contributed by atoms with Crippen molar-refractivity contribution >= 4 is 17.6 Å². The fraction of sp³-hybridized carbons (Fsp3) is 0.346. The quantitative estimate of drug-likeness (QED) is 0.417. The number of tetrazole rings is 1. The number of hydrogen-bond donors (Lipinski definition) is 1. The van der Waals surface area contributed by atoms with Crippen LogP contribution in [0.15, 0.2) is 48.5 Å². The van der Waals surface area contributed by atoms with Crippen LogP contribution in [-0.2, 0) is 12.8 Å². The summed E-state index contributed by atoms with van der Waals surface area (Å²) in [6, 6.07) is 17.0. The van der Waals surface area contributed by atoms with Gasteiger partial charge in [-0.2, -0.15) is 17.0 Å². The molecule has 7 nitrogen and oxygen atoms in total. The molecule has 0 amide bonds. The second-order valence-electron chi connectivity index (χ2n) is 8.52. The first-order valence-electron chi connectivity index (χ1n) is 11.8. The summed E-state index contributed by atoms with van der Waals surface area (Å²) in [4.78, 5) is 12.2. The van der Waals surface area contributed by atoms with Crippen molar-refractivity contribution < 1.29 is 0 Å². The zero-order valence-corrected chi connectivity index (χ0v) is 20.5. The zero-order chi connectivity index (χ0) is 23.3. The van der Waals surface area contributed by atoms with Gasteiger partial charge in [0.15, 0.2) is 0 Å². The molecule has 0 spiro atoms. The molecule has 1 aliphatic heterocycles. The Morgan fingerprint density at radius 1 is 0.971 bits per heavy atom. The van der Waals surface area contributed by atoms with Crippen molar-refractivity contribution in [3.05, 3.63) is 71.2 Å². The predicted molar refractivity (Wildman–Crippen MR) is 138 cm³/mol. The third-order valence-electron chi connectivity index (χ3n) is 6.14. The van der Waals surface area contributed by atoms with E-state index < -0.39 is 0 Å². The van der Waals surface area contributed by atoms with Crippen LogP contribution in [0.5, 0.6) is 0 Å². The van der Waals surface area contributed by atoms with Crippen molar-refractivity contribution in [1.29, 1.82) is 0 Å². The Morgan fingerprint density at radius 3 is 2.44 bits per heavy atom. The molecule has 0 bridgehead atoms. The van der Waals surface area contributed by atoms with Gasteiger partial charge >= 0.3 is 0 Å². The summed E-state index contributed by atoms with van der Waals surface area (Å²) in [5.74, 6) is 4.90. The number of thioether (sulfide) groups is 1. The van der Waals surface area contributed by atoms with Crippen LogP contribution in [0.3, 0.4) is 0 Å². The summed E-state index contributed by atoms with van der Waals surface area (Å²) >= 11 is 2.02. The maximum Gasteiger partial charge on any atom is 0.205 e. The number of anilines is 1. The Hall–Kier alpha value is -3.26. The first-order valence-corrected chi connectivity index (χ1v) is 13.0. The van der Waals surface area contributed by atoms with Crippen molar-refractivity contribution in [2.45, 2.75) is 33.1 Å². The number of benzene rings is 2. The molecule has 1 saturated heterocycles. The van der Waals surface area contributed by atoms with Crippen LogP contribution in [0.4, 0.5) is 5.82 Å². The number of aryl methyl sites for hydroxylation is 2. The standard InChI is InChI=1S/C26H29N7S/c1-3-6-24-23(26(28-18(2)27-24)33-13-15-34-16-14-33)17-19-9-11-20(12-10-19)21-7-4-5-8-22(21)25-29-31-32-30-25/h4-5,7-12H,3,6,13-17H2,1-2H3,(H,29,30,31,32). The smallest absolute Gasteiger partial charge is 0.205 e. The highest BCUT2D eigenvalue weighted by atomic mass is 32.2. The lowest BCUT2D eigenvalue weighted by Gasteiger charge is -2.30. The van der Waals surface area contributed by atoms with Crippen molar-refractivity contribution in [3.63, 3.8) is 0 Å². The normalized spacial score (nSPS) is 13.9. The van der Waals surface area contributed by atoms with E-state index in [1.807, 2.05) is 36.9 Å². The van der Waals surface area contributed by atoms with Crippen molar-refractivity contribution in [2.75, 3.05) is 29.5 Å². The van der Waals surface area contributed by atoms with Gasteiger partial charge in [-0.15, -0.1) is 10.2 Å². The van der Waals surface area contributed by atoms with Gasteiger partial charge in [-0.25, -0.2) is 9.97 Å². The van der Waals surface area contributed by atoms with Crippen LogP contribution < -0.4 is 4.90 Å². The number of H-pyrrole nitrogens is 1. The van der Waals surface area contributed by atoms with Crippen LogP contribution >= 0.6 is 11.8 Å². The van der Waals surface area contributed by atoms with Crippen LogP contribution in [-0.4, -0.2) is 55.2 Å². The molecule has 1 aliphatic rings. The van der Waals surface area contributed by atoms with Gasteiger partial charge in [-0.05, 0) is 35.2 Å². The minimum Gasteiger partial charge on any atom is -0.355 e. The van der Waals surface area contributed by atoms with E-state index in [2.05, 4.69) is 62.8 Å². The average molecular weight is 472 g/mol. The fourth-order valence-electron chi connectivity index (χ4n) is 4.51. The van der Waals surface area contributed by atoms with E-state index in [1.54, 1.807) is 0 Å². The molecular formula is C26H29N7S. The summed E-state index contributed by atoms with van der Waals surface area (Å²) in [7, 11) is 0. The van der Waals surface area contributed by atoms with Gasteiger partial charge in [0.1, 0.15) is 11.6 Å². The Balaban J connectivity index is 1.47. The summed E-state index contributed by atoms with van der Waals surface area (Å²) < 4.78 is 0. The van der Waals surface area contributed by atoms with Crippen molar-refractivity contribution in [1.82, 2.24) is 30.6 Å². The minimum atomic E-state index is 0.602. The third-order valence-corrected chi connectivity index (χ3v) is 7.08. The molecule has 0 atom stereocenters. The number of nitrogens with zero attached hydrogens (tertiary/aromatic N) is 6. The van der Waals surface area contributed by atoms with Crippen LogP contribution in [0, 0.1) is 6.92 Å². The van der Waals surface area contributed by atoms with Gasteiger partial charge in [0, 0.05) is 47.8 Å². The number of rotatable bonds is 7. The Labute approximate surface area is 204 Å². The van der Waals surface area contributed by atoms with Gasteiger partial charge in [-0.3, -0.25) is 0 Å². The second-order valence-corrected chi connectivity index (χ2v) is 9.75. The van der Waals surface area contributed by atoms with Crippen molar-refractivity contribution in [3.8, 4) is 22.5 Å². The molecule has 1 fully saturated rings. The third kappa shape index (κ3) is 4.82. The number of aromatic nitrogens is 6. The van der Waals surface area contributed by atoms with E-state index in [-0.39, 0.29) is 0 Å². The topological polar surface area (TPSA) is 83.5 Å². The summed E-state index contributed by atoms with van der Waals surface area (Å²) in [5.41, 5.74) is 6.91. The monoisotopic (exact) mass is 471 g/mol. The average Bonchev–Trinajstić information content (AvgIpc) is 3.42. The zero-order valence-electron chi connectivity index (χ0n) is 19.7. The SMILES string of the molecule is CCCc1nc(C)nc(N2CCSCC2)c1Cc1ccc(-c2ccccc2-c2nn[nH]n2)cc1. The molecule has 8 heteroatoms. The molecule has 0 unspecified atom stereocenters. The fourth-order valence-corrected chi connectivity index (χ4v) is 5.41. The van der Waals surface area contributed by atoms with Gasteiger partial charge in [-0.1, -0.05) is 61.9 Å². The molecule has 2 aromatic heterocycles. The molecule has 0 radical (unpaired) electrons. The highest BCUT2D eigenvalue weighted by Gasteiger charge is 2.21. The maximum atomic E-state index is 4.92. The first kappa shape index (κ1) is 22.5. The highest BCUT2D eigenvalue weighted by molar-refractivity contribution is 7.99. The van der Waals surface area contributed by atoms with Gasteiger partial charge in [0.2, 0.25) is 5.82 Å². The van der Waals surface area contributed by atoms with E-state index >= 15 is 0 Å². The number of aromatic amines is 1. The Morgan fingerprint density at radius 2 is 1.74 bits per heavy atom. The van der Waals surface area contributed by atoms with Gasteiger partial charge in [0.05, 0.1) is 0 Å². The number of hydrogen-bond acceptors (Lipinski definition) is 7. The molecular weight excluding hydrogens is 442 g/mol. The lowest BCUT2D eigenvalue weighted by Crippen LogP contribution is -2.34. The Bertz CT molecular complexity index is 1230. The largest absolute Gasteiger partial charge is 0.355 e. The first-order chi connectivity index (χ1) is 16.7. The highest BCUT2D eigenvalue weighted by Crippen LogP contribution is 2.31. The Kier molecular flexibility index (Phi) is 6.85. The van der Waals surface area contributed by atoms with E-state index in [9.17, 15) is 0 Å². The molecule has 0 aliphatic carbocycles.